The number of ether oxygens (including phenoxy) is 1. The van der Waals surface area contributed by atoms with Crippen LogP contribution < -0.4 is 5.32 Å². The van der Waals surface area contributed by atoms with Crippen LogP contribution >= 0.6 is 11.6 Å². The summed E-state index contributed by atoms with van der Waals surface area (Å²) in [5.41, 5.74) is 0.720. The van der Waals surface area contributed by atoms with Crippen molar-refractivity contribution < 1.29 is 28.6 Å². The molecule has 0 aliphatic heterocycles. The van der Waals surface area contributed by atoms with Gasteiger partial charge in [0, 0.05) is 30.7 Å². The topological polar surface area (TPSA) is 121 Å². The Bertz CT molecular complexity index is 1260. The van der Waals surface area contributed by atoms with Gasteiger partial charge in [0.15, 0.2) is 5.78 Å². The summed E-state index contributed by atoms with van der Waals surface area (Å²) < 4.78 is 19.4. The lowest BCUT2D eigenvalue weighted by atomic mass is 9.82. The van der Waals surface area contributed by atoms with E-state index in [4.69, 9.17) is 16.3 Å². The van der Waals surface area contributed by atoms with Crippen molar-refractivity contribution in [3.05, 3.63) is 76.3 Å². The number of aliphatic carboxylic acids is 1. The molecule has 10 heteroatoms. The Morgan fingerprint density at radius 3 is 2.47 bits per heavy atom. The van der Waals surface area contributed by atoms with Crippen LogP contribution in [0.4, 0.5) is 4.39 Å². The number of ketones is 1. The van der Waals surface area contributed by atoms with Crippen molar-refractivity contribution >= 4 is 29.3 Å². The second kappa shape index (κ2) is 11.5. The molecule has 2 aromatic carbocycles. The summed E-state index contributed by atoms with van der Waals surface area (Å²) in [7, 11) is 1.41. The van der Waals surface area contributed by atoms with E-state index in [0.29, 0.717) is 22.6 Å². The molecule has 0 aliphatic rings. The lowest BCUT2D eigenvalue weighted by Gasteiger charge is -2.29. The molecule has 1 heterocycles. The number of hydrogen-bond donors (Lipinski definition) is 3. The van der Waals surface area contributed by atoms with Crippen molar-refractivity contribution in [2.75, 3.05) is 13.7 Å². The number of aromatic nitrogens is 2. The van der Waals surface area contributed by atoms with Gasteiger partial charge >= 0.3 is 5.97 Å². The first-order valence-corrected chi connectivity index (χ1v) is 11.5. The number of carboxylic acid groups (broad SMARTS) is 1. The average Bonchev–Trinajstić information content (AvgIpc) is 3.32. The minimum absolute atomic E-state index is 0.0553. The monoisotopic (exact) mass is 515 g/mol. The number of methoxy groups -OCH3 is 1. The van der Waals surface area contributed by atoms with Gasteiger partial charge in [-0.15, -0.1) is 0 Å². The molecule has 8 nitrogen and oxygen atoms in total. The van der Waals surface area contributed by atoms with Gasteiger partial charge in [0.2, 0.25) is 0 Å². The number of rotatable bonds is 11. The van der Waals surface area contributed by atoms with E-state index in [2.05, 4.69) is 15.5 Å². The molecule has 36 heavy (non-hydrogen) atoms. The molecule has 3 aromatic rings. The third-order valence-electron chi connectivity index (χ3n) is 5.87. The van der Waals surface area contributed by atoms with Crippen LogP contribution in [0.5, 0.6) is 0 Å². The molecule has 3 N–H and O–H groups in total. The Kier molecular flexibility index (Phi) is 8.60. The van der Waals surface area contributed by atoms with E-state index in [0.717, 1.165) is 5.56 Å². The lowest BCUT2D eigenvalue weighted by Crippen LogP contribution is -2.44. The molecule has 3 rings (SSSR count). The second-order valence-electron chi connectivity index (χ2n) is 8.92. The highest BCUT2D eigenvalue weighted by molar-refractivity contribution is 6.30. The van der Waals surface area contributed by atoms with Crippen molar-refractivity contribution in [1.82, 2.24) is 15.5 Å². The summed E-state index contributed by atoms with van der Waals surface area (Å²) in [6.07, 6.45) is 0.366. The standard InChI is InChI=1S/C26H27ClFN3O5/c1-15(32)22-12-23(31-30-22)24(33)29-19(13-26(2,14-36-3)25(34)35)10-16-4-6-17(7-5-16)20-11-18(27)8-9-21(20)28/h4-9,11-12,19H,10,13-14H2,1-3H3,(H,29,33)(H,30,31)(H,34,35)/t19-,26+/m1/s1. The van der Waals surface area contributed by atoms with E-state index >= 15 is 0 Å². The number of halogens is 2. The van der Waals surface area contributed by atoms with E-state index in [9.17, 15) is 23.9 Å². The molecule has 0 fully saturated rings. The third kappa shape index (κ3) is 6.56. The first-order chi connectivity index (χ1) is 17.0. The fraction of sp³-hybridized carbons (Fsp3) is 0.308. The van der Waals surface area contributed by atoms with Gasteiger partial charge in [0.25, 0.3) is 5.91 Å². The maximum Gasteiger partial charge on any atom is 0.311 e. The average molecular weight is 516 g/mol. The van der Waals surface area contributed by atoms with Gasteiger partial charge in [0.05, 0.1) is 12.0 Å². The highest BCUT2D eigenvalue weighted by atomic mass is 35.5. The quantitative estimate of drug-likeness (QED) is 0.322. The number of nitrogens with one attached hydrogen (secondary N) is 2. The molecule has 0 bridgehead atoms. The number of carboxylic acids is 1. The Labute approximate surface area is 212 Å². The van der Waals surface area contributed by atoms with Gasteiger partial charge < -0.3 is 15.2 Å². The van der Waals surface area contributed by atoms with Crippen LogP contribution in [0.15, 0.2) is 48.5 Å². The van der Waals surface area contributed by atoms with E-state index in [-0.39, 0.29) is 30.2 Å². The Hall–Kier alpha value is -3.56. The number of hydrogen-bond acceptors (Lipinski definition) is 5. The van der Waals surface area contributed by atoms with Crippen LogP contribution in [0.1, 0.15) is 46.8 Å². The summed E-state index contributed by atoms with van der Waals surface area (Å²) in [5, 5.41) is 19.4. The summed E-state index contributed by atoms with van der Waals surface area (Å²) in [6, 6.07) is 12.1. The maximum absolute atomic E-state index is 14.3. The number of benzene rings is 2. The van der Waals surface area contributed by atoms with Crippen molar-refractivity contribution in [2.45, 2.75) is 32.7 Å². The molecule has 1 amide bonds. The van der Waals surface area contributed by atoms with Gasteiger partial charge in [0.1, 0.15) is 17.2 Å². The number of aromatic amines is 1. The van der Waals surface area contributed by atoms with E-state index < -0.39 is 29.2 Å². The third-order valence-corrected chi connectivity index (χ3v) is 6.11. The summed E-state index contributed by atoms with van der Waals surface area (Å²) >= 11 is 6.01. The van der Waals surface area contributed by atoms with Crippen LogP contribution in [0, 0.1) is 11.2 Å². The zero-order chi connectivity index (χ0) is 26.5. The van der Waals surface area contributed by atoms with Crippen LogP contribution in [-0.4, -0.2) is 52.7 Å². The summed E-state index contributed by atoms with van der Waals surface area (Å²) in [6.45, 7) is 2.83. The maximum atomic E-state index is 14.3. The predicted octanol–water partition coefficient (Wildman–Crippen LogP) is 4.54. The van der Waals surface area contributed by atoms with Crippen LogP contribution in [0.3, 0.4) is 0 Å². The molecule has 1 aromatic heterocycles. The van der Waals surface area contributed by atoms with Gasteiger partial charge in [-0.1, -0.05) is 35.9 Å². The first kappa shape index (κ1) is 27.0. The smallest absolute Gasteiger partial charge is 0.311 e. The van der Waals surface area contributed by atoms with E-state index in [1.807, 2.05) is 0 Å². The minimum atomic E-state index is -1.27. The fourth-order valence-corrected chi connectivity index (χ4v) is 4.12. The Morgan fingerprint density at radius 2 is 1.89 bits per heavy atom. The van der Waals surface area contributed by atoms with Gasteiger partial charge in [-0.25, -0.2) is 4.39 Å². The summed E-state index contributed by atoms with van der Waals surface area (Å²) in [4.78, 5) is 36.4. The molecule has 0 spiro atoms. The van der Waals surface area contributed by atoms with Crippen LogP contribution in [-0.2, 0) is 16.0 Å². The number of Topliss-reactive ketones (excluding diaryl/α,β-unsaturated/α-hetero) is 1. The van der Waals surface area contributed by atoms with E-state index in [1.54, 1.807) is 31.2 Å². The molecule has 0 unspecified atom stereocenters. The zero-order valence-corrected chi connectivity index (χ0v) is 20.9. The first-order valence-electron chi connectivity index (χ1n) is 11.2. The normalized spacial score (nSPS) is 13.6. The molecule has 2 atom stereocenters. The largest absolute Gasteiger partial charge is 0.481 e. The van der Waals surface area contributed by atoms with Crippen molar-refractivity contribution in [2.24, 2.45) is 5.41 Å². The number of carbonyl (C=O) groups excluding carboxylic acids is 2. The molecular weight excluding hydrogens is 489 g/mol. The molecule has 0 aliphatic carbocycles. The van der Waals surface area contributed by atoms with Crippen molar-refractivity contribution in [1.29, 1.82) is 0 Å². The molecule has 190 valence electrons. The molecule has 0 saturated heterocycles. The Balaban J connectivity index is 1.85. The molecular formula is C26H27ClFN3O5. The molecule has 0 saturated carbocycles. The van der Waals surface area contributed by atoms with Gasteiger partial charge in [-0.2, -0.15) is 5.10 Å². The molecule has 0 radical (unpaired) electrons. The number of nitrogens with zero attached hydrogens (tertiary/aromatic N) is 1. The lowest BCUT2D eigenvalue weighted by molar-refractivity contribution is -0.152. The Morgan fingerprint density at radius 1 is 1.19 bits per heavy atom. The van der Waals surface area contributed by atoms with Crippen molar-refractivity contribution in [3.8, 4) is 11.1 Å². The van der Waals surface area contributed by atoms with Gasteiger partial charge in [-0.05, 0) is 55.2 Å². The van der Waals surface area contributed by atoms with Crippen molar-refractivity contribution in [3.63, 3.8) is 0 Å². The zero-order valence-electron chi connectivity index (χ0n) is 20.1. The minimum Gasteiger partial charge on any atom is -0.481 e. The van der Waals surface area contributed by atoms with Crippen LogP contribution in [0.2, 0.25) is 5.02 Å². The number of H-pyrrole nitrogens is 1. The highest BCUT2D eigenvalue weighted by Crippen LogP contribution is 2.28. The summed E-state index contributed by atoms with van der Waals surface area (Å²) in [5.74, 6) is -2.28. The SMILES string of the molecule is COC[C@](C)(C[C@@H](Cc1ccc(-c2cc(Cl)ccc2F)cc1)NC(=O)c1cc(C(C)=O)n[nH]1)C(=O)O. The van der Waals surface area contributed by atoms with E-state index in [1.165, 1.54) is 38.3 Å². The van der Waals surface area contributed by atoms with Gasteiger partial charge in [-0.3, -0.25) is 19.5 Å². The number of carbonyl (C=O) groups is 3. The fourth-order valence-electron chi connectivity index (χ4n) is 3.95. The highest BCUT2D eigenvalue weighted by Gasteiger charge is 2.36. The predicted molar refractivity (Wildman–Crippen MR) is 133 cm³/mol. The second-order valence-corrected chi connectivity index (χ2v) is 9.36. The van der Waals surface area contributed by atoms with Crippen LogP contribution in [0.25, 0.3) is 11.1 Å². The number of amides is 1.